The standard InChI is InChI=1S/C12H21N7O/c1-2-5-19-11(15-16-17-19)14-12(20)13-10-8-18-6-3-9(10)4-7-18/h9-10H,2-8H2,1H3,(H2,13,14,15,17,20). The lowest BCUT2D eigenvalue weighted by Crippen LogP contribution is -2.57. The molecule has 3 aliphatic rings. The van der Waals surface area contributed by atoms with E-state index >= 15 is 0 Å². The summed E-state index contributed by atoms with van der Waals surface area (Å²) in [6.45, 7) is 6.03. The molecule has 0 saturated carbocycles. The lowest BCUT2D eigenvalue weighted by molar-refractivity contribution is 0.0776. The first kappa shape index (κ1) is 13.3. The maximum absolute atomic E-state index is 12.1. The molecule has 1 aromatic rings. The highest BCUT2D eigenvalue weighted by molar-refractivity contribution is 5.87. The number of nitrogens with zero attached hydrogens (tertiary/aromatic N) is 5. The van der Waals surface area contributed by atoms with Gasteiger partial charge in [-0.15, -0.1) is 0 Å². The summed E-state index contributed by atoms with van der Waals surface area (Å²) in [6, 6.07) is 0.0314. The number of aromatic nitrogens is 4. The first-order chi connectivity index (χ1) is 9.76. The van der Waals surface area contributed by atoms with Crippen molar-refractivity contribution in [1.29, 1.82) is 0 Å². The van der Waals surface area contributed by atoms with Gasteiger partial charge in [0.25, 0.3) is 5.95 Å². The molecule has 1 unspecified atom stereocenters. The van der Waals surface area contributed by atoms with Crippen LogP contribution in [0.2, 0.25) is 0 Å². The maximum atomic E-state index is 12.1. The van der Waals surface area contributed by atoms with Crippen LogP contribution < -0.4 is 10.6 Å². The van der Waals surface area contributed by atoms with E-state index in [4.69, 9.17) is 0 Å². The van der Waals surface area contributed by atoms with E-state index in [0.717, 1.165) is 13.0 Å². The lowest BCUT2D eigenvalue weighted by atomic mass is 9.84. The van der Waals surface area contributed by atoms with E-state index in [9.17, 15) is 4.79 Å². The van der Waals surface area contributed by atoms with Gasteiger partial charge in [0.1, 0.15) is 0 Å². The van der Waals surface area contributed by atoms with Gasteiger partial charge in [-0.3, -0.25) is 5.32 Å². The Kier molecular flexibility index (Phi) is 3.81. The molecule has 4 heterocycles. The second kappa shape index (κ2) is 5.74. The van der Waals surface area contributed by atoms with Crippen molar-refractivity contribution < 1.29 is 4.79 Å². The Morgan fingerprint density at radius 2 is 2.20 bits per heavy atom. The van der Waals surface area contributed by atoms with E-state index in [1.165, 1.54) is 25.9 Å². The van der Waals surface area contributed by atoms with Gasteiger partial charge in [-0.1, -0.05) is 12.0 Å². The van der Waals surface area contributed by atoms with Crippen molar-refractivity contribution in [1.82, 2.24) is 30.4 Å². The highest BCUT2D eigenvalue weighted by Gasteiger charge is 2.34. The molecular weight excluding hydrogens is 258 g/mol. The highest BCUT2D eigenvalue weighted by atomic mass is 16.2. The van der Waals surface area contributed by atoms with Gasteiger partial charge in [0.05, 0.1) is 0 Å². The minimum Gasteiger partial charge on any atom is -0.333 e. The van der Waals surface area contributed by atoms with Crippen LogP contribution in [0.3, 0.4) is 0 Å². The molecule has 2 amide bonds. The smallest absolute Gasteiger partial charge is 0.321 e. The minimum atomic E-state index is -0.212. The number of carbonyl (C=O) groups excluding carboxylic acids is 1. The second-order valence-electron chi connectivity index (χ2n) is 5.57. The zero-order valence-electron chi connectivity index (χ0n) is 11.7. The van der Waals surface area contributed by atoms with Crippen LogP contribution in [0, 0.1) is 5.92 Å². The van der Waals surface area contributed by atoms with Gasteiger partial charge in [-0.05, 0) is 48.7 Å². The average molecular weight is 279 g/mol. The molecule has 110 valence electrons. The first-order valence-electron chi connectivity index (χ1n) is 7.32. The van der Waals surface area contributed by atoms with Crippen molar-refractivity contribution >= 4 is 12.0 Å². The Morgan fingerprint density at radius 1 is 1.40 bits per heavy atom. The summed E-state index contributed by atoms with van der Waals surface area (Å²) in [4.78, 5) is 14.5. The number of piperidine rings is 3. The van der Waals surface area contributed by atoms with Crippen molar-refractivity contribution in [2.75, 3.05) is 25.0 Å². The number of hydrogen-bond acceptors (Lipinski definition) is 5. The van der Waals surface area contributed by atoms with Crippen molar-refractivity contribution in [3.8, 4) is 0 Å². The predicted molar refractivity (Wildman–Crippen MR) is 73.2 cm³/mol. The molecule has 20 heavy (non-hydrogen) atoms. The molecular formula is C12H21N7O. The molecule has 1 atom stereocenters. The Labute approximate surface area is 117 Å². The number of rotatable bonds is 4. The zero-order valence-corrected chi connectivity index (χ0v) is 11.7. The molecule has 3 saturated heterocycles. The molecule has 1 aromatic heterocycles. The number of hydrogen-bond donors (Lipinski definition) is 2. The van der Waals surface area contributed by atoms with Crippen LogP contribution in [0.25, 0.3) is 0 Å². The van der Waals surface area contributed by atoms with Gasteiger partial charge >= 0.3 is 6.03 Å². The summed E-state index contributed by atoms with van der Waals surface area (Å²) in [5.41, 5.74) is 0. The third-order valence-corrected chi connectivity index (χ3v) is 4.17. The third-order valence-electron chi connectivity index (χ3n) is 4.17. The van der Waals surface area contributed by atoms with Crippen LogP contribution in [0.1, 0.15) is 26.2 Å². The van der Waals surface area contributed by atoms with Crippen molar-refractivity contribution in [3.63, 3.8) is 0 Å². The molecule has 3 fully saturated rings. The molecule has 2 bridgehead atoms. The number of amides is 2. The molecule has 8 nitrogen and oxygen atoms in total. The Morgan fingerprint density at radius 3 is 2.85 bits per heavy atom. The van der Waals surface area contributed by atoms with Crippen molar-refractivity contribution in [3.05, 3.63) is 0 Å². The summed E-state index contributed by atoms with van der Waals surface area (Å²) in [6.07, 6.45) is 3.28. The summed E-state index contributed by atoms with van der Waals surface area (Å²) < 4.78 is 1.61. The lowest BCUT2D eigenvalue weighted by Gasteiger charge is -2.44. The minimum absolute atomic E-state index is 0.212. The SMILES string of the molecule is CCCn1nnnc1NC(=O)NC1CN2CCC1CC2. The largest absolute Gasteiger partial charge is 0.333 e. The molecule has 0 aliphatic carbocycles. The van der Waals surface area contributed by atoms with E-state index in [-0.39, 0.29) is 12.1 Å². The molecule has 0 spiro atoms. The summed E-state index contributed by atoms with van der Waals surface area (Å²) in [5.74, 6) is 1.02. The molecule has 0 aromatic carbocycles. The predicted octanol–water partition coefficient (Wildman–Crippen LogP) is 0.299. The molecule has 4 rings (SSSR count). The van der Waals surface area contributed by atoms with Crippen molar-refractivity contribution in [2.45, 2.75) is 38.8 Å². The number of carbonyl (C=O) groups is 1. The zero-order chi connectivity index (χ0) is 13.9. The van der Waals surface area contributed by atoms with E-state index in [1.807, 2.05) is 6.92 Å². The van der Waals surface area contributed by atoms with Gasteiger partial charge in [0, 0.05) is 19.1 Å². The molecule has 0 radical (unpaired) electrons. The van der Waals surface area contributed by atoms with Crippen molar-refractivity contribution in [2.24, 2.45) is 5.92 Å². The van der Waals surface area contributed by atoms with Crippen LogP contribution in [-0.2, 0) is 6.54 Å². The first-order valence-corrected chi connectivity index (χ1v) is 7.32. The maximum Gasteiger partial charge on any atom is 0.321 e. The third kappa shape index (κ3) is 2.74. The van der Waals surface area contributed by atoms with Crippen LogP contribution in [0.4, 0.5) is 10.7 Å². The number of urea groups is 1. The highest BCUT2D eigenvalue weighted by Crippen LogP contribution is 2.27. The quantitative estimate of drug-likeness (QED) is 0.827. The van der Waals surface area contributed by atoms with Crippen LogP contribution in [-0.4, -0.2) is 56.8 Å². The normalized spacial score (nSPS) is 28.4. The van der Waals surface area contributed by atoms with E-state index in [2.05, 4.69) is 31.1 Å². The van der Waals surface area contributed by atoms with Crippen LogP contribution >= 0.6 is 0 Å². The second-order valence-corrected chi connectivity index (χ2v) is 5.57. The monoisotopic (exact) mass is 279 g/mol. The molecule has 3 aliphatic heterocycles. The fraction of sp³-hybridized carbons (Fsp3) is 0.833. The number of anilines is 1. The fourth-order valence-corrected chi connectivity index (χ4v) is 3.09. The van der Waals surface area contributed by atoms with Gasteiger partial charge < -0.3 is 10.2 Å². The number of tetrazole rings is 1. The topological polar surface area (TPSA) is 88.0 Å². The Hall–Kier alpha value is -1.70. The van der Waals surface area contributed by atoms with E-state index in [1.54, 1.807) is 4.68 Å². The number of nitrogens with one attached hydrogen (secondary N) is 2. The van der Waals surface area contributed by atoms with Gasteiger partial charge in [-0.2, -0.15) is 0 Å². The van der Waals surface area contributed by atoms with E-state index in [0.29, 0.717) is 18.4 Å². The Balaban J connectivity index is 1.55. The van der Waals surface area contributed by atoms with Gasteiger partial charge in [0.2, 0.25) is 0 Å². The van der Waals surface area contributed by atoms with Crippen LogP contribution in [0.15, 0.2) is 0 Å². The van der Waals surface area contributed by atoms with Gasteiger partial charge in [0.15, 0.2) is 0 Å². The number of fused-ring (bicyclic) bond motifs is 3. The van der Waals surface area contributed by atoms with E-state index < -0.39 is 0 Å². The van der Waals surface area contributed by atoms with Crippen LogP contribution in [0.5, 0.6) is 0 Å². The fourth-order valence-electron chi connectivity index (χ4n) is 3.09. The number of aryl methyl sites for hydroxylation is 1. The summed E-state index contributed by atoms with van der Waals surface area (Å²) >= 11 is 0. The summed E-state index contributed by atoms with van der Waals surface area (Å²) in [5, 5.41) is 17.1. The van der Waals surface area contributed by atoms with Gasteiger partial charge in [-0.25, -0.2) is 9.48 Å². The Bertz CT molecular complexity index is 466. The molecule has 2 N–H and O–H groups in total. The molecule has 8 heteroatoms. The summed E-state index contributed by atoms with van der Waals surface area (Å²) in [7, 11) is 0. The average Bonchev–Trinajstić information content (AvgIpc) is 2.88.